The van der Waals surface area contributed by atoms with Crippen LogP contribution in [0.2, 0.25) is 0 Å². The van der Waals surface area contributed by atoms with Crippen LogP contribution in [0.3, 0.4) is 0 Å². The van der Waals surface area contributed by atoms with E-state index in [1.165, 1.54) is 0 Å². The summed E-state index contributed by atoms with van der Waals surface area (Å²) in [6, 6.07) is 7.54. The molecule has 7 heteroatoms. The molecule has 0 bridgehead atoms. The van der Waals surface area contributed by atoms with E-state index in [0.717, 1.165) is 16.6 Å². The third-order valence-corrected chi connectivity index (χ3v) is 4.41. The first-order chi connectivity index (χ1) is 11.1. The number of carboxylic acids is 1. The fraction of sp³-hybridized carbons (Fsp3) is 0.438. The van der Waals surface area contributed by atoms with Crippen molar-refractivity contribution in [2.24, 2.45) is 5.41 Å². The average Bonchev–Trinajstić information content (AvgIpc) is 2.97. The normalized spacial score (nSPS) is 17.0. The van der Waals surface area contributed by atoms with Crippen LogP contribution in [-0.2, 0) is 20.7 Å². The van der Waals surface area contributed by atoms with Crippen LogP contribution in [0.25, 0.3) is 10.9 Å². The van der Waals surface area contributed by atoms with E-state index in [9.17, 15) is 14.7 Å². The highest BCUT2D eigenvalue weighted by molar-refractivity contribution is 5.87. The number of carbonyl (C=O) groups is 2. The highest BCUT2D eigenvalue weighted by Crippen LogP contribution is 2.30. The van der Waals surface area contributed by atoms with Gasteiger partial charge in [0.15, 0.2) is 0 Å². The minimum Gasteiger partial charge on any atom is -0.481 e. The summed E-state index contributed by atoms with van der Waals surface area (Å²) in [5.74, 6) is -1.10. The number of para-hydroxylation sites is 1. The summed E-state index contributed by atoms with van der Waals surface area (Å²) >= 11 is 0. The Bertz CT molecular complexity index is 719. The van der Waals surface area contributed by atoms with E-state index in [-0.39, 0.29) is 18.9 Å². The van der Waals surface area contributed by atoms with Crippen LogP contribution < -0.4 is 5.32 Å². The first kappa shape index (κ1) is 15.5. The Balaban J connectivity index is 1.64. The van der Waals surface area contributed by atoms with Crippen molar-refractivity contribution in [2.45, 2.75) is 19.3 Å². The number of nitrogens with one attached hydrogen (secondary N) is 2. The molecule has 0 atom stereocenters. The van der Waals surface area contributed by atoms with Crippen molar-refractivity contribution in [3.05, 3.63) is 30.0 Å². The summed E-state index contributed by atoms with van der Waals surface area (Å²) < 4.78 is 5.23. The number of carboxylic acid groups (broad SMARTS) is 1. The van der Waals surface area contributed by atoms with Crippen molar-refractivity contribution in [1.29, 1.82) is 0 Å². The van der Waals surface area contributed by atoms with Crippen molar-refractivity contribution < 1.29 is 19.4 Å². The number of rotatable bonds is 5. The fourth-order valence-corrected chi connectivity index (χ4v) is 2.87. The molecular formula is C16H19N3O4. The smallest absolute Gasteiger partial charge is 0.311 e. The van der Waals surface area contributed by atoms with Gasteiger partial charge in [-0.3, -0.25) is 14.7 Å². The highest BCUT2D eigenvalue weighted by Gasteiger charge is 2.40. The van der Waals surface area contributed by atoms with Gasteiger partial charge in [-0.15, -0.1) is 0 Å². The van der Waals surface area contributed by atoms with E-state index in [1.807, 2.05) is 24.3 Å². The molecule has 122 valence electrons. The highest BCUT2D eigenvalue weighted by atomic mass is 16.5. The van der Waals surface area contributed by atoms with E-state index < -0.39 is 11.4 Å². The number of hydrogen-bond acceptors (Lipinski definition) is 4. The lowest BCUT2D eigenvalue weighted by atomic mass is 9.80. The van der Waals surface area contributed by atoms with Crippen molar-refractivity contribution in [3.63, 3.8) is 0 Å². The monoisotopic (exact) mass is 317 g/mol. The van der Waals surface area contributed by atoms with Crippen molar-refractivity contribution in [2.75, 3.05) is 19.8 Å². The minimum atomic E-state index is -0.927. The summed E-state index contributed by atoms with van der Waals surface area (Å²) in [6.07, 6.45) is 0.970. The molecule has 1 aliphatic rings. The zero-order valence-corrected chi connectivity index (χ0v) is 12.7. The first-order valence-corrected chi connectivity index (χ1v) is 7.61. The molecule has 1 amide bonds. The Labute approximate surface area is 133 Å². The van der Waals surface area contributed by atoms with Gasteiger partial charge >= 0.3 is 5.97 Å². The number of aliphatic carboxylic acids is 1. The second kappa shape index (κ2) is 6.37. The standard InChI is InChI=1S/C16H19N3O4/c20-14(9-13-11-3-1-2-4-12(11)18-19-13)17-10-16(15(21)22)5-7-23-8-6-16/h1-4H,5-10H2,(H,17,20)(H,18,19)(H,21,22). The van der Waals surface area contributed by atoms with Crippen LogP contribution in [0.5, 0.6) is 0 Å². The maximum Gasteiger partial charge on any atom is 0.311 e. The number of nitrogens with zero attached hydrogens (tertiary/aromatic N) is 1. The molecular weight excluding hydrogens is 298 g/mol. The quantitative estimate of drug-likeness (QED) is 0.766. The molecule has 7 nitrogen and oxygen atoms in total. The molecule has 1 fully saturated rings. The molecule has 1 saturated heterocycles. The number of ether oxygens (including phenoxy) is 1. The second-order valence-corrected chi connectivity index (χ2v) is 5.87. The van der Waals surface area contributed by atoms with E-state index in [2.05, 4.69) is 15.5 Å². The second-order valence-electron chi connectivity index (χ2n) is 5.87. The molecule has 1 aromatic heterocycles. The van der Waals surface area contributed by atoms with Crippen LogP contribution in [0.1, 0.15) is 18.5 Å². The van der Waals surface area contributed by atoms with Crippen molar-refractivity contribution >= 4 is 22.8 Å². The number of amides is 1. The molecule has 0 saturated carbocycles. The summed E-state index contributed by atoms with van der Waals surface area (Å²) in [5, 5.41) is 20.2. The van der Waals surface area contributed by atoms with Gasteiger partial charge < -0.3 is 15.2 Å². The fourth-order valence-electron chi connectivity index (χ4n) is 2.87. The Hall–Kier alpha value is -2.41. The summed E-state index contributed by atoms with van der Waals surface area (Å²) in [6.45, 7) is 0.942. The molecule has 2 heterocycles. The van der Waals surface area contributed by atoms with Gasteiger partial charge in [0.1, 0.15) is 0 Å². The van der Waals surface area contributed by atoms with Crippen LogP contribution >= 0.6 is 0 Å². The van der Waals surface area contributed by atoms with Gasteiger partial charge in [-0.1, -0.05) is 18.2 Å². The summed E-state index contributed by atoms with van der Waals surface area (Å²) in [7, 11) is 0. The van der Waals surface area contributed by atoms with Crippen molar-refractivity contribution in [3.8, 4) is 0 Å². The number of hydrogen-bond donors (Lipinski definition) is 3. The van der Waals surface area contributed by atoms with Gasteiger partial charge in [0.25, 0.3) is 0 Å². The van der Waals surface area contributed by atoms with Gasteiger partial charge in [0, 0.05) is 25.1 Å². The van der Waals surface area contributed by atoms with Crippen LogP contribution in [-0.4, -0.2) is 46.9 Å². The summed E-state index contributed by atoms with van der Waals surface area (Å²) in [5.41, 5.74) is 0.612. The topological polar surface area (TPSA) is 104 Å². The SMILES string of the molecule is O=C(Cc1[nH]nc2ccccc12)NCC1(C(=O)O)CCOCC1. The molecule has 0 radical (unpaired) electrons. The van der Waals surface area contributed by atoms with Crippen LogP contribution in [0.15, 0.2) is 24.3 Å². The lowest BCUT2D eigenvalue weighted by Crippen LogP contribution is -2.46. The van der Waals surface area contributed by atoms with Gasteiger partial charge in [0.05, 0.1) is 23.0 Å². The zero-order valence-electron chi connectivity index (χ0n) is 12.7. The number of H-pyrrole nitrogens is 1. The Morgan fingerprint density at radius 2 is 2.04 bits per heavy atom. The van der Waals surface area contributed by atoms with Gasteiger partial charge in [0.2, 0.25) is 5.91 Å². The molecule has 1 aromatic carbocycles. The first-order valence-electron chi connectivity index (χ1n) is 7.61. The number of carbonyl (C=O) groups excluding carboxylic acids is 1. The third kappa shape index (κ3) is 3.19. The predicted molar refractivity (Wildman–Crippen MR) is 82.9 cm³/mol. The lowest BCUT2D eigenvalue weighted by molar-refractivity contribution is -0.154. The molecule has 1 aliphatic heterocycles. The molecule has 0 spiro atoms. The number of aromatic nitrogens is 2. The van der Waals surface area contributed by atoms with Gasteiger partial charge in [-0.25, -0.2) is 0 Å². The number of aromatic amines is 1. The molecule has 3 N–H and O–H groups in total. The van der Waals surface area contributed by atoms with Gasteiger partial charge in [-0.2, -0.15) is 5.10 Å². The maximum absolute atomic E-state index is 12.2. The van der Waals surface area contributed by atoms with Gasteiger partial charge in [-0.05, 0) is 18.9 Å². The Kier molecular flexibility index (Phi) is 4.29. The van der Waals surface area contributed by atoms with E-state index in [4.69, 9.17) is 4.74 Å². The minimum absolute atomic E-state index is 0.122. The summed E-state index contributed by atoms with van der Waals surface area (Å²) in [4.78, 5) is 23.7. The lowest BCUT2D eigenvalue weighted by Gasteiger charge is -2.33. The number of fused-ring (bicyclic) bond motifs is 1. The average molecular weight is 317 g/mol. The molecule has 3 rings (SSSR count). The van der Waals surface area contributed by atoms with E-state index in [1.54, 1.807) is 0 Å². The van der Waals surface area contributed by atoms with Crippen LogP contribution in [0.4, 0.5) is 0 Å². The van der Waals surface area contributed by atoms with Crippen LogP contribution in [0, 0.1) is 5.41 Å². The molecule has 0 unspecified atom stereocenters. The Morgan fingerprint density at radius 3 is 2.78 bits per heavy atom. The van der Waals surface area contributed by atoms with E-state index >= 15 is 0 Å². The largest absolute Gasteiger partial charge is 0.481 e. The third-order valence-electron chi connectivity index (χ3n) is 4.41. The molecule has 0 aliphatic carbocycles. The Morgan fingerprint density at radius 1 is 1.30 bits per heavy atom. The molecule has 23 heavy (non-hydrogen) atoms. The predicted octanol–water partition coefficient (Wildman–Crippen LogP) is 1.10. The number of benzene rings is 1. The zero-order chi connectivity index (χ0) is 16.3. The van der Waals surface area contributed by atoms with E-state index in [0.29, 0.717) is 26.1 Å². The maximum atomic E-state index is 12.2. The molecule has 2 aromatic rings. The van der Waals surface area contributed by atoms with Crippen molar-refractivity contribution in [1.82, 2.24) is 15.5 Å².